The van der Waals surface area contributed by atoms with Gasteiger partial charge < -0.3 is 28.8 Å². The highest BCUT2D eigenvalue weighted by Gasteiger charge is 2.36. The van der Waals surface area contributed by atoms with Gasteiger partial charge in [-0.3, -0.25) is 4.79 Å². The Kier molecular flexibility index (Phi) is 20.5. The molecule has 0 amide bonds. The first-order valence-corrected chi connectivity index (χ1v) is 18.4. The average Bonchev–Trinajstić information content (AvgIpc) is 3.65. The van der Waals surface area contributed by atoms with E-state index in [1.807, 2.05) is 24.5 Å². The van der Waals surface area contributed by atoms with Crippen LogP contribution >= 0.6 is 20.1 Å². The topological polar surface area (TPSA) is 147 Å². The maximum Gasteiger partial charge on any atom is 0.409 e. The molecule has 11 nitrogen and oxygen atoms in total. The number of benzene rings is 1. The predicted octanol–water partition coefficient (Wildman–Crippen LogP) is 9.70. The molecule has 1 fully saturated rings. The number of anilines is 1. The normalized spacial score (nSPS) is 17.5. The second-order valence-corrected chi connectivity index (χ2v) is 13.5. The zero-order valence-corrected chi connectivity index (χ0v) is 32.9. The van der Waals surface area contributed by atoms with Gasteiger partial charge in [-0.25, -0.2) is 15.1 Å². The van der Waals surface area contributed by atoms with Gasteiger partial charge in [0.25, 0.3) is 0 Å². The van der Waals surface area contributed by atoms with E-state index in [1.54, 1.807) is 44.3 Å². The number of nitrogens with two attached hydrogens (primary N) is 1. The van der Waals surface area contributed by atoms with E-state index < -0.39 is 26.7 Å². The molecule has 0 spiro atoms. The van der Waals surface area contributed by atoms with Crippen LogP contribution in [0.4, 0.5) is 19.0 Å². The predicted molar refractivity (Wildman–Crippen MR) is 200 cm³/mol. The Morgan fingerprint density at radius 1 is 1.25 bits per heavy atom. The largest absolute Gasteiger partial charge is 0.465 e. The number of carbonyl (C=O) groups is 1. The fourth-order valence-electron chi connectivity index (χ4n) is 4.39. The molecular formula is C36H51ClF3N6O5P. The number of nitriles is 1. The van der Waals surface area contributed by atoms with Crippen LogP contribution in [-0.4, -0.2) is 52.0 Å². The van der Waals surface area contributed by atoms with E-state index in [-0.39, 0.29) is 48.9 Å². The molecule has 4 unspecified atom stereocenters. The first kappa shape index (κ1) is 46.3. The highest BCUT2D eigenvalue weighted by molar-refractivity contribution is 7.45. The number of nitrogens with zero attached hydrogens (tertiary/aromatic N) is 4. The van der Waals surface area contributed by atoms with Crippen LogP contribution in [0.25, 0.3) is 11.0 Å². The molecule has 3 aromatic rings. The lowest BCUT2D eigenvalue weighted by Crippen LogP contribution is -2.34. The summed E-state index contributed by atoms with van der Waals surface area (Å²) in [5.41, 5.74) is 7.21. The molecule has 1 aliphatic heterocycles. The summed E-state index contributed by atoms with van der Waals surface area (Å²) < 4.78 is 59.0. The maximum atomic E-state index is 12.2. The Hall–Kier alpha value is -3.73. The molecule has 0 saturated carbocycles. The maximum absolute atomic E-state index is 12.2. The number of esters is 1. The van der Waals surface area contributed by atoms with Crippen molar-refractivity contribution in [1.29, 1.82) is 5.26 Å². The zero-order chi connectivity index (χ0) is 39.6. The quantitative estimate of drug-likeness (QED) is 0.110. The number of aromatic nitrogens is 3. The van der Waals surface area contributed by atoms with Gasteiger partial charge >= 0.3 is 20.7 Å². The van der Waals surface area contributed by atoms with E-state index >= 15 is 0 Å². The molecule has 1 aliphatic rings. The van der Waals surface area contributed by atoms with Gasteiger partial charge in [0.2, 0.25) is 0 Å². The number of hydrogen-bond acceptors (Lipinski definition) is 10. The Balaban J connectivity index is 0.000000762. The summed E-state index contributed by atoms with van der Waals surface area (Å²) in [5, 5.41) is 13.7. The molecule has 288 valence electrons. The van der Waals surface area contributed by atoms with Crippen molar-refractivity contribution >= 4 is 42.9 Å². The molecule has 16 heteroatoms. The van der Waals surface area contributed by atoms with Crippen molar-refractivity contribution in [1.82, 2.24) is 19.6 Å². The molecule has 4 rings (SSSR count). The van der Waals surface area contributed by atoms with Crippen LogP contribution < -0.4 is 15.3 Å². The van der Waals surface area contributed by atoms with Crippen LogP contribution in [0.3, 0.4) is 0 Å². The summed E-state index contributed by atoms with van der Waals surface area (Å²) in [4.78, 5) is 20.5. The minimum absolute atomic E-state index is 0.0989. The van der Waals surface area contributed by atoms with Gasteiger partial charge in [0, 0.05) is 23.2 Å². The van der Waals surface area contributed by atoms with Crippen LogP contribution in [0.5, 0.6) is 5.75 Å². The van der Waals surface area contributed by atoms with Gasteiger partial charge in [-0.1, -0.05) is 57.9 Å². The number of fused-ring (bicyclic) bond motifs is 1. The molecule has 3 heterocycles. The van der Waals surface area contributed by atoms with Crippen molar-refractivity contribution in [3.8, 4) is 11.8 Å². The third-order valence-electron chi connectivity index (χ3n) is 6.73. The lowest BCUT2D eigenvalue weighted by atomic mass is 10.1. The lowest BCUT2D eigenvalue weighted by Gasteiger charge is -2.23. The van der Waals surface area contributed by atoms with Crippen LogP contribution in [0.1, 0.15) is 80.5 Å². The standard InChI is InChI=1S/C24H28ClN6O5P.C5H7F3.C5H10.C2H6/c1-4-33-24(32)15(3)30-37(36-18-7-5-17(25)6-8-18)34-12-19-9-14(2)23(35-19)31-11-16(10-26)20-21(27)28-13-29-22(20)31;1-4(2)3-5(6,7)8;1-4-5(2)3;1-2/h5-8,11,13-15,19,23,30H,4,9,12H2,1-3H3,(H2,27,28,29);3H,1-2H3;4-5H,1H2,2-3H3;1-2H3/t14?,15?,19?,23-,37?;;;/m1.../s1. The van der Waals surface area contributed by atoms with Gasteiger partial charge in [0.15, 0.2) is 0 Å². The zero-order valence-electron chi connectivity index (χ0n) is 31.2. The van der Waals surface area contributed by atoms with E-state index in [2.05, 4.69) is 48.5 Å². The number of halogens is 4. The number of alkyl halides is 3. The third kappa shape index (κ3) is 15.9. The van der Waals surface area contributed by atoms with Crippen molar-refractivity contribution in [2.45, 2.75) is 93.3 Å². The molecule has 5 atom stereocenters. The van der Waals surface area contributed by atoms with Gasteiger partial charge in [-0.2, -0.15) is 18.4 Å². The summed E-state index contributed by atoms with van der Waals surface area (Å²) in [7, 11) is -1.72. The second kappa shape index (κ2) is 23.0. The number of rotatable bonds is 11. The Morgan fingerprint density at radius 3 is 2.37 bits per heavy atom. The molecule has 1 saturated heterocycles. The van der Waals surface area contributed by atoms with Crippen LogP contribution in [0.2, 0.25) is 5.02 Å². The first-order valence-electron chi connectivity index (χ1n) is 16.8. The second-order valence-electron chi connectivity index (χ2n) is 11.8. The summed E-state index contributed by atoms with van der Waals surface area (Å²) in [6.45, 7) is 20.6. The van der Waals surface area contributed by atoms with Gasteiger partial charge in [-0.05, 0) is 64.3 Å². The van der Waals surface area contributed by atoms with Crippen LogP contribution in [-0.2, 0) is 18.8 Å². The minimum Gasteiger partial charge on any atom is -0.465 e. The minimum atomic E-state index is -4.14. The third-order valence-corrected chi connectivity index (χ3v) is 8.34. The van der Waals surface area contributed by atoms with E-state index in [0.29, 0.717) is 39.7 Å². The fourth-order valence-corrected chi connectivity index (χ4v) is 5.73. The summed E-state index contributed by atoms with van der Waals surface area (Å²) in [5.74, 6) is 1.13. The van der Waals surface area contributed by atoms with E-state index in [4.69, 9.17) is 35.9 Å². The molecule has 2 aromatic heterocycles. The van der Waals surface area contributed by atoms with Crippen LogP contribution in [0, 0.1) is 23.2 Å². The molecule has 0 radical (unpaired) electrons. The summed E-state index contributed by atoms with van der Waals surface area (Å²) in [6.07, 6.45) is 1.17. The number of hydrogen-bond donors (Lipinski definition) is 2. The Bertz CT molecular complexity index is 1610. The number of nitrogen functional groups attached to an aromatic ring is 1. The lowest BCUT2D eigenvalue weighted by molar-refractivity contribution is -0.144. The number of allylic oxidation sites excluding steroid dienone is 3. The highest BCUT2D eigenvalue weighted by atomic mass is 35.5. The molecule has 3 N–H and O–H groups in total. The molecule has 0 aliphatic carbocycles. The van der Waals surface area contributed by atoms with E-state index in [1.165, 1.54) is 20.2 Å². The van der Waals surface area contributed by atoms with Crippen molar-refractivity contribution in [2.24, 2.45) is 11.8 Å². The van der Waals surface area contributed by atoms with Crippen molar-refractivity contribution in [3.63, 3.8) is 0 Å². The fraction of sp³-hybridized carbons (Fsp3) is 0.500. The molecule has 0 bridgehead atoms. The molecular weight excluding hydrogens is 720 g/mol. The smallest absolute Gasteiger partial charge is 0.409 e. The van der Waals surface area contributed by atoms with Crippen LogP contribution in [0.15, 0.2) is 61.1 Å². The number of carbonyl (C=O) groups excluding carboxylic acids is 1. The number of nitrogens with one attached hydrogen (secondary N) is 1. The van der Waals surface area contributed by atoms with Crippen molar-refractivity contribution in [3.05, 3.63) is 71.7 Å². The van der Waals surface area contributed by atoms with Crippen molar-refractivity contribution < 1.29 is 36.5 Å². The first-order chi connectivity index (χ1) is 24.5. The van der Waals surface area contributed by atoms with Gasteiger partial charge in [0.1, 0.15) is 41.9 Å². The van der Waals surface area contributed by atoms with E-state index in [0.717, 1.165) is 0 Å². The monoisotopic (exact) mass is 770 g/mol. The van der Waals surface area contributed by atoms with Gasteiger partial charge in [0.05, 0.1) is 30.3 Å². The summed E-state index contributed by atoms with van der Waals surface area (Å²) >= 11 is 5.98. The molecule has 52 heavy (non-hydrogen) atoms. The SMILES string of the molecule is C=CC(C)C.CC.CC(C)=CC(F)(F)F.CCOC(=O)C(C)NP(OCC1CC(C)[C@H](n2cc(C#N)c3c(N)ncnc32)O1)Oc1ccc(Cl)cc1. The van der Waals surface area contributed by atoms with Gasteiger partial charge in [-0.15, -0.1) is 6.58 Å². The van der Waals surface area contributed by atoms with E-state index in [9.17, 15) is 23.2 Å². The highest BCUT2D eigenvalue weighted by Crippen LogP contribution is 2.41. The van der Waals surface area contributed by atoms with Crippen molar-refractivity contribution in [2.75, 3.05) is 18.9 Å². The molecule has 1 aromatic carbocycles. The average molecular weight is 771 g/mol. The number of ether oxygens (including phenoxy) is 2. The Morgan fingerprint density at radius 2 is 1.87 bits per heavy atom. The Labute approximate surface area is 311 Å². The summed E-state index contributed by atoms with van der Waals surface area (Å²) in [6, 6.07) is 8.37.